The summed E-state index contributed by atoms with van der Waals surface area (Å²) in [5.41, 5.74) is 4.37. The van der Waals surface area contributed by atoms with Gasteiger partial charge in [0.25, 0.3) is 0 Å². The van der Waals surface area contributed by atoms with Gasteiger partial charge in [-0.1, -0.05) is 109 Å². The number of aliphatic hydroxyl groups is 2. The lowest BCUT2D eigenvalue weighted by molar-refractivity contribution is -0.128. The SMILES string of the molecule is CC(C)(C)OC(=O)N[C@@H](Cc1ccccc1)[C@@H](O)[C@@H](NCc1ccc(CNC(=O)OCc2ccccc2)cc1)C(=O)NC1c2ccccc2C[C@H]1O. The standard InChI is InChI=1S/C41H48N4O7/c1-41(2,3)52-40(50)44-33(22-27-12-6-4-7-13-27)37(47)36(38(48)45-35-32-17-11-10-16-31(32)23-34(35)46)42-24-28-18-20-29(21-19-28)25-43-39(49)51-26-30-14-8-5-9-15-30/h4-21,33-37,42,46-47H,22-26H2,1-3H3,(H,43,49)(H,44,50)(H,45,48)/t33-,34+,35?,36+,37+/m0/s1. The van der Waals surface area contributed by atoms with Gasteiger partial charge in [-0.15, -0.1) is 0 Å². The molecule has 6 N–H and O–H groups in total. The number of carbonyl (C=O) groups excluding carboxylic acids is 3. The van der Waals surface area contributed by atoms with Crippen LogP contribution in [0, 0.1) is 0 Å². The van der Waals surface area contributed by atoms with Gasteiger partial charge in [0.2, 0.25) is 5.91 Å². The summed E-state index contributed by atoms with van der Waals surface area (Å²) in [5, 5.41) is 34.6. The summed E-state index contributed by atoms with van der Waals surface area (Å²) in [7, 11) is 0. The third-order valence-corrected chi connectivity index (χ3v) is 8.74. The van der Waals surface area contributed by atoms with E-state index in [2.05, 4.69) is 21.3 Å². The smallest absolute Gasteiger partial charge is 0.407 e. The Kier molecular flexibility index (Phi) is 13.0. The second-order valence-corrected chi connectivity index (χ2v) is 14.0. The van der Waals surface area contributed by atoms with E-state index in [-0.39, 0.29) is 26.1 Å². The predicted molar refractivity (Wildman–Crippen MR) is 197 cm³/mol. The number of hydrogen-bond acceptors (Lipinski definition) is 8. The molecule has 52 heavy (non-hydrogen) atoms. The summed E-state index contributed by atoms with van der Waals surface area (Å²) in [4.78, 5) is 39.3. The fraction of sp³-hybridized carbons (Fsp3) is 0.341. The molecule has 11 heteroatoms. The summed E-state index contributed by atoms with van der Waals surface area (Å²) in [6.07, 6.45) is -2.89. The van der Waals surface area contributed by atoms with Crippen molar-refractivity contribution in [2.24, 2.45) is 0 Å². The molecule has 274 valence electrons. The van der Waals surface area contributed by atoms with E-state index in [0.717, 1.165) is 33.4 Å². The van der Waals surface area contributed by atoms with Gasteiger partial charge in [0.1, 0.15) is 18.2 Å². The fourth-order valence-electron chi connectivity index (χ4n) is 6.13. The third-order valence-electron chi connectivity index (χ3n) is 8.74. The van der Waals surface area contributed by atoms with Crippen molar-refractivity contribution in [3.05, 3.63) is 143 Å². The van der Waals surface area contributed by atoms with Crippen LogP contribution in [0.5, 0.6) is 0 Å². The lowest BCUT2D eigenvalue weighted by atomic mass is 9.95. The maximum Gasteiger partial charge on any atom is 0.407 e. The van der Waals surface area contributed by atoms with E-state index in [0.29, 0.717) is 6.42 Å². The largest absolute Gasteiger partial charge is 0.445 e. The van der Waals surface area contributed by atoms with Crippen LogP contribution < -0.4 is 21.3 Å². The van der Waals surface area contributed by atoms with Gasteiger partial charge in [0, 0.05) is 19.5 Å². The Morgan fingerprint density at radius 3 is 2.02 bits per heavy atom. The number of rotatable bonds is 14. The van der Waals surface area contributed by atoms with Crippen LogP contribution >= 0.6 is 0 Å². The Morgan fingerprint density at radius 2 is 1.37 bits per heavy atom. The highest BCUT2D eigenvalue weighted by molar-refractivity contribution is 5.83. The number of alkyl carbamates (subject to hydrolysis) is 2. The van der Waals surface area contributed by atoms with Crippen molar-refractivity contribution in [1.29, 1.82) is 0 Å². The van der Waals surface area contributed by atoms with E-state index in [1.807, 2.05) is 109 Å². The molecule has 3 amide bonds. The van der Waals surface area contributed by atoms with Crippen LogP contribution in [-0.4, -0.2) is 58.2 Å². The maximum absolute atomic E-state index is 14.1. The molecule has 4 aromatic carbocycles. The van der Waals surface area contributed by atoms with Crippen molar-refractivity contribution in [3.63, 3.8) is 0 Å². The van der Waals surface area contributed by atoms with E-state index in [9.17, 15) is 24.6 Å². The summed E-state index contributed by atoms with van der Waals surface area (Å²) >= 11 is 0. The molecule has 0 heterocycles. The summed E-state index contributed by atoms with van der Waals surface area (Å²) in [6.45, 7) is 5.86. The second kappa shape index (κ2) is 17.8. The second-order valence-electron chi connectivity index (χ2n) is 14.0. The first-order valence-corrected chi connectivity index (χ1v) is 17.5. The molecule has 0 saturated carbocycles. The quantitative estimate of drug-likeness (QED) is 0.109. The highest BCUT2D eigenvalue weighted by atomic mass is 16.6. The molecule has 5 atom stereocenters. The lowest BCUT2D eigenvalue weighted by Crippen LogP contribution is -2.60. The molecular formula is C41H48N4O7. The Balaban J connectivity index is 1.29. The number of aliphatic hydroxyl groups excluding tert-OH is 2. The number of fused-ring (bicyclic) bond motifs is 1. The molecule has 1 unspecified atom stereocenters. The summed E-state index contributed by atoms with van der Waals surface area (Å²) in [6, 6.07) is 30.9. The van der Waals surface area contributed by atoms with Gasteiger partial charge in [-0.3, -0.25) is 10.1 Å². The molecule has 1 aliphatic rings. The van der Waals surface area contributed by atoms with E-state index in [1.165, 1.54) is 0 Å². The van der Waals surface area contributed by atoms with Crippen LogP contribution in [0.1, 0.15) is 60.2 Å². The van der Waals surface area contributed by atoms with Gasteiger partial charge in [-0.05, 0) is 60.6 Å². The van der Waals surface area contributed by atoms with Crippen molar-refractivity contribution in [2.75, 3.05) is 0 Å². The number of hydrogen-bond donors (Lipinski definition) is 6. The molecule has 0 saturated heterocycles. The highest BCUT2D eigenvalue weighted by Gasteiger charge is 2.38. The Bertz CT molecular complexity index is 1760. The van der Waals surface area contributed by atoms with Crippen LogP contribution in [0.25, 0.3) is 0 Å². The Labute approximate surface area is 304 Å². The van der Waals surface area contributed by atoms with Gasteiger partial charge < -0.3 is 35.6 Å². The first kappa shape index (κ1) is 38.0. The first-order valence-electron chi connectivity index (χ1n) is 17.5. The molecule has 11 nitrogen and oxygen atoms in total. The monoisotopic (exact) mass is 708 g/mol. The lowest BCUT2D eigenvalue weighted by Gasteiger charge is -2.32. The summed E-state index contributed by atoms with van der Waals surface area (Å²) in [5.74, 6) is -0.535. The number of ether oxygens (including phenoxy) is 2. The van der Waals surface area contributed by atoms with Crippen LogP contribution in [0.3, 0.4) is 0 Å². The zero-order valence-electron chi connectivity index (χ0n) is 29.8. The molecular weight excluding hydrogens is 660 g/mol. The van der Waals surface area contributed by atoms with Gasteiger partial charge in [0.05, 0.1) is 24.3 Å². The molecule has 1 aliphatic carbocycles. The minimum atomic E-state index is -1.41. The fourth-order valence-corrected chi connectivity index (χ4v) is 6.13. The van der Waals surface area contributed by atoms with Gasteiger partial charge in [-0.25, -0.2) is 9.59 Å². The van der Waals surface area contributed by atoms with E-state index in [1.54, 1.807) is 20.8 Å². The first-order chi connectivity index (χ1) is 24.9. The number of carbonyl (C=O) groups is 3. The van der Waals surface area contributed by atoms with Gasteiger partial charge in [0.15, 0.2) is 0 Å². The van der Waals surface area contributed by atoms with Crippen LogP contribution in [0.15, 0.2) is 109 Å². The average molecular weight is 709 g/mol. The minimum absolute atomic E-state index is 0.170. The molecule has 0 aromatic heterocycles. The van der Waals surface area contributed by atoms with Crippen molar-refractivity contribution < 1.29 is 34.1 Å². The number of nitrogens with one attached hydrogen (secondary N) is 4. The van der Waals surface area contributed by atoms with Gasteiger partial charge >= 0.3 is 12.2 Å². The van der Waals surface area contributed by atoms with Crippen LogP contribution in [-0.2, 0) is 46.8 Å². The molecule has 4 aromatic rings. The molecule has 0 radical (unpaired) electrons. The topological polar surface area (TPSA) is 158 Å². The van der Waals surface area contributed by atoms with Crippen molar-refractivity contribution in [3.8, 4) is 0 Å². The third kappa shape index (κ3) is 11.1. The Hall–Kier alpha value is -5.23. The van der Waals surface area contributed by atoms with E-state index in [4.69, 9.17) is 9.47 Å². The highest BCUT2D eigenvalue weighted by Crippen LogP contribution is 2.31. The summed E-state index contributed by atoms with van der Waals surface area (Å²) < 4.78 is 10.8. The maximum atomic E-state index is 14.1. The zero-order chi connectivity index (χ0) is 37.1. The molecule has 5 rings (SSSR count). The molecule has 0 bridgehead atoms. The minimum Gasteiger partial charge on any atom is -0.445 e. The van der Waals surface area contributed by atoms with Crippen molar-refractivity contribution >= 4 is 18.1 Å². The van der Waals surface area contributed by atoms with Crippen molar-refractivity contribution in [2.45, 2.75) is 89.2 Å². The van der Waals surface area contributed by atoms with Gasteiger partial charge in [-0.2, -0.15) is 0 Å². The van der Waals surface area contributed by atoms with E-state index < -0.39 is 54.0 Å². The zero-order valence-corrected chi connectivity index (χ0v) is 29.8. The van der Waals surface area contributed by atoms with E-state index >= 15 is 0 Å². The van der Waals surface area contributed by atoms with Crippen LogP contribution in [0.4, 0.5) is 9.59 Å². The average Bonchev–Trinajstić information content (AvgIpc) is 3.44. The number of amides is 3. The van der Waals surface area contributed by atoms with Crippen LogP contribution in [0.2, 0.25) is 0 Å². The number of benzene rings is 4. The predicted octanol–water partition coefficient (Wildman–Crippen LogP) is 4.84. The molecule has 0 fully saturated rings. The normalized spacial score (nSPS) is 16.9. The molecule has 0 spiro atoms. The van der Waals surface area contributed by atoms with Crippen molar-refractivity contribution in [1.82, 2.24) is 21.3 Å². The molecule has 0 aliphatic heterocycles. The Morgan fingerprint density at radius 1 is 0.769 bits per heavy atom.